The van der Waals surface area contributed by atoms with Crippen molar-refractivity contribution < 1.29 is 23.1 Å². The maximum absolute atomic E-state index is 13.3. The van der Waals surface area contributed by atoms with Gasteiger partial charge in [0.1, 0.15) is 5.82 Å². The van der Waals surface area contributed by atoms with Gasteiger partial charge in [-0.05, 0) is 36.8 Å². The molecule has 0 radical (unpaired) electrons. The Morgan fingerprint density at radius 2 is 1.86 bits per heavy atom. The van der Waals surface area contributed by atoms with Crippen LogP contribution in [0.25, 0.3) is 0 Å². The van der Waals surface area contributed by atoms with Crippen LogP contribution in [0.5, 0.6) is 0 Å². The first-order valence-electron chi connectivity index (χ1n) is 9.49. The van der Waals surface area contributed by atoms with Crippen LogP contribution < -0.4 is 5.32 Å². The SMILES string of the molecule is O=C(c1ccccc1C(F)(F)F)N1C[C@H]2C[C@@H](Nc3cnccn3)[C@H](O)C[C@H]2C1. The number of aliphatic hydroxyl groups excluding tert-OH is 1. The number of halogens is 3. The van der Waals surface area contributed by atoms with Crippen molar-refractivity contribution in [1.82, 2.24) is 14.9 Å². The third-order valence-corrected chi connectivity index (χ3v) is 5.79. The summed E-state index contributed by atoms with van der Waals surface area (Å²) in [6.07, 6.45) is 0.542. The van der Waals surface area contributed by atoms with E-state index in [-0.39, 0.29) is 23.4 Å². The van der Waals surface area contributed by atoms with Crippen LogP contribution >= 0.6 is 0 Å². The molecular formula is C20H21F3N4O2. The predicted molar refractivity (Wildman–Crippen MR) is 99.0 cm³/mol. The number of fused-ring (bicyclic) bond motifs is 1. The van der Waals surface area contributed by atoms with Crippen LogP contribution in [0.1, 0.15) is 28.8 Å². The largest absolute Gasteiger partial charge is 0.417 e. The molecule has 2 aliphatic rings. The van der Waals surface area contributed by atoms with Gasteiger partial charge in [0, 0.05) is 25.5 Å². The van der Waals surface area contributed by atoms with Crippen LogP contribution in [-0.2, 0) is 6.18 Å². The average molecular weight is 406 g/mol. The first-order chi connectivity index (χ1) is 13.8. The molecule has 2 fully saturated rings. The van der Waals surface area contributed by atoms with Gasteiger partial charge in [0.2, 0.25) is 0 Å². The van der Waals surface area contributed by atoms with Gasteiger partial charge in [-0.2, -0.15) is 13.2 Å². The van der Waals surface area contributed by atoms with Crippen LogP contribution in [0.3, 0.4) is 0 Å². The Labute approximate surface area is 165 Å². The standard InChI is InChI=1S/C20H21F3N4O2/c21-20(22,23)15-4-2-1-3-14(15)19(29)27-10-12-7-16(17(28)8-13(12)11-27)26-18-9-24-5-6-25-18/h1-6,9,12-13,16-17,28H,7-8,10-11H2,(H,25,26)/t12-,13+,16-,17-/m1/s1. The minimum Gasteiger partial charge on any atom is -0.391 e. The van der Waals surface area contributed by atoms with Crippen LogP contribution in [-0.4, -0.2) is 51.1 Å². The highest BCUT2D eigenvalue weighted by Gasteiger charge is 2.44. The molecule has 1 aromatic carbocycles. The van der Waals surface area contributed by atoms with Crippen molar-refractivity contribution in [3.63, 3.8) is 0 Å². The lowest BCUT2D eigenvalue weighted by atomic mass is 9.77. The van der Waals surface area contributed by atoms with E-state index in [4.69, 9.17) is 0 Å². The van der Waals surface area contributed by atoms with E-state index in [1.807, 2.05) is 0 Å². The minimum atomic E-state index is -4.58. The van der Waals surface area contributed by atoms with Crippen molar-refractivity contribution in [1.29, 1.82) is 0 Å². The highest BCUT2D eigenvalue weighted by Crippen LogP contribution is 2.39. The van der Waals surface area contributed by atoms with Crippen LogP contribution in [0.15, 0.2) is 42.9 Å². The minimum absolute atomic E-state index is 0.0620. The third kappa shape index (κ3) is 4.05. The average Bonchev–Trinajstić information content (AvgIpc) is 3.10. The number of carbonyl (C=O) groups is 1. The van der Waals surface area contributed by atoms with Crippen LogP contribution in [0.4, 0.5) is 19.0 Å². The number of aromatic nitrogens is 2. The second-order valence-corrected chi connectivity index (χ2v) is 7.65. The summed E-state index contributed by atoms with van der Waals surface area (Å²) in [6.45, 7) is 0.728. The van der Waals surface area contributed by atoms with E-state index in [0.29, 0.717) is 31.7 Å². The Balaban J connectivity index is 1.47. The van der Waals surface area contributed by atoms with E-state index in [2.05, 4.69) is 15.3 Å². The number of anilines is 1. The number of likely N-dealkylation sites (tertiary alicyclic amines) is 1. The molecule has 4 rings (SSSR count). The highest BCUT2D eigenvalue weighted by atomic mass is 19.4. The van der Waals surface area contributed by atoms with Gasteiger partial charge in [-0.15, -0.1) is 0 Å². The normalized spacial score (nSPS) is 26.8. The molecular weight excluding hydrogens is 385 g/mol. The number of benzene rings is 1. The molecule has 0 bridgehead atoms. The van der Waals surface area contributed by atoms with E-state index >= 15 is 0 Å². The molecule has 2 heterocycles. The second-order valence-electron chi connectivity index (χ2n) is 7.65. The Hall–Kier alpha value is -2.68. The molecule has 0 unspecified atom stereocenters. The lowest BCUT2D eigenvalue weighted by Gasteiger charge is -2.35. The van der Waals surface area contributed by atoms with Gasteiger partial charge in [0.15, 0.2) is 0 Å². The summed E-state index contributed by atoms with van der Waals surface area (Å²) < 4.78 is 39.8. The van der Waals surface area contributed by atoms with Gasteiger partial charge in [-0.3, -0.25) is 9.78 Å². The maximum atomic E-state index is 13.3. The number of alkyl halides is 3. The van der Waals surface area contributed by atoms with E-state index < -0.39 is 23.8 Å². The Kier molecular flexibility index (Phi) is 5.16. The van der Waals surface area contributed by atoms with Gasteiger partial charge >= 0.3 is 6.18 Å². The van der Waals surface area contributed by atoms with Crippen molar-refractivity contribution in [3.8, 4) is 0 Å². The Bertz CT molecular complexity index is 878. The van der Waals surface area contributed by atoms with E-state index in [1.165, 1.54) is 23.1 Å². The summed E-state index contributed by atoms with van der Waals surface area (Å²) in [5.74, 6) is 0.113. The quantitative estimate of drug-likeness (QED) is 0.820. The molecule has 1 aliphatic carbocycles. The molecule has 1 aromatic heterocycles. The third-order valence-electron chi connectivity index (χ3n) is 5.79. The smallest absolute Gasteiger partial charge is 0.391 e. The maximum Gasteiger partial charge on any atom is 0.417 e. The molecule has 0 spiro atoms. The molecule has 1 aliphatic heterocycles. The number of carbonyl (C=O) groups excluding carboxylic acids is 1. The first kappa shape index (κ1) is 19.6. The fourth-order valence-corrected chi connectivity index (χ4v) is 4.40. The monoisotopic (exact) mass is 406 g/mol. The number of nitrogens with zero attached hydrogens (tertiary/aromatic N) is 3. The number of hydrogen-bond donors (Lipinski definition) is 2. The molecule has 29 heavy (non-hydrogen) atoms. The molecule has 2 aromatic rings. The van der Waals surface area contributed by atoms with E-state index in [1.54, 1.807) is 18.6 Å². The molecule has 1 saturated carbocycles. The molecule has 6 nitrogen and oxygen atoms in total. The Morgan fingerprint density at radius 3 is 2.55 bits per heavy atom. The summed E-state index contributed by atoms with van der Waals surface area (Å²) in [4.78, 5) is 22.5. The number of hydrogen-bond acceptors (Lipinski definition) is 5. The predicted octanol–water partition coefficient (Wildman–Crippen LogP) is 2.82. The number of amides is 1. The van der Waals surface area contributed by atoms with Crippen molar-refractivity contribution in [2.75, 3.05) is 18.4 Å². The van der Waals surface area contributed by atoms with Crippen molar-refractivity contribution in [3.05, 3.63) is 54.0 Å². The van der Waals surface area contributed by atoms with E-state index in [0.717, 1.165) is 6.07 Å². The summed E-state index contributed by atoms with van der Waals surface area (Å²) in [5, 5.41) is 13.7. The van der Waals surface area contributed by atoms with Crippen molar-refractivity contribution in [2.24, 2.45) is 11.8 Å². The summed E-state index contributed by atoms with van der Waals surface area (Å²) in [6, 6.07) is 4.63. The lowest BCUT2D eigenvalue weighted by Crippen LogP contribution is -2.43. The fraction of sp³-hybridized carbons (Fsp3) is 0.450. The lowest BCUT2D eigenvalue weighted by molar-refractivity contribution is -0.138. The second kappa shape index (κ2) is 7.62. The number of rotatable bonds is 3. The van der Waals surface area contributed by atoms with Crippen molar-refractivity contribution in [2.45, 2.75) is 31.2 Å². The Morgan fingerprint density at radius 1 is 1.14 bits per heavy atom. The molecule has 2 N–H and O–H groups in total. The van der Waals surface area contributed by atoms with Crippen molar-refractivity contribution >= 4 is 11.7 Å². The van der Waals surface area contributed by atoms with Gasteiger partial charge < -0.3 is 15.3 Å². The number of aliphatic hydroxyl groups is 1. The fourth-order valence-electron chi connectivity index (χ4n) is 4.40. The van der Waals surface area contributed by atoms with E-state index in [9.17, 15) is 23.1 Å². The zero-order valence-electron chi connectivity index (χ0n) is 15.5. The molecule has 1 amide bonds. The van der Waals surface area contributed by atoms with Crippen LogP contribution in [0.2, 0.25) is 0 Å². The molecule has 9 heteroatoms. The topological polar surface area (TPSA) is 78.4 Å². The number of nitrogens with one attached hydrogen (secondary N) is 1. The first-order valence-corrected chi connectivity index (χ1v) is 9.49. The van der Waals surface area contributed by atoms with Gasteiger partial charge in [-0.1, -0.05) is 12.1 Å². The van der Waals surface area contributed by atoms with Gasteiger partial charge in [-0.25, -0.2) is 4.98 Å². The zero-order valence-corrected chi connectivity index (χ0v) is 15.5. The molecule has 4 atom stereocenters. The summed E-state index contributed by atoms with van der Waals surface area (Å²) >= 11 is 0. The highest BCUT2D eigenvalue weighted by molar-refractivity contribution is 5.96. The van der Waals surface area contributed by atoms with Gasteiger partial charge in [0.25, 0.3) is 5.91 Å². The molecule has 1 saturated heterocycles. The van der Waals surface area contributed by atoms with Gasteiger partial charge in [0.05, 0.1) is 29.5 Å². The summed E-state index contributed by atoms with van der Waals surface area (Å²) in [5.41, 5.74) is -1.24. The van der Waals surface area contributed by atoms with Crippen LogP contribution in [0, 0.1) is 11.8 Å². The molecule has 154 valence electrons. The summed E-state index contributed by atoms with van der Waals surface area (Å²) in [7, 11) is 0. The zero-order chi connectivity index (χ0) is 20.6.